The van der Waals surface area contributed by atoms with Gasteiger partial charge in [-0.15, -0.1) is 6.58 Å². The number of fused-ring (bicyclic) bond motifs is 1. The molecule has 0 radical (unpaired) electrons. The average molecular weight is 407 g/mol. The molecule has 1 aliphatic heterocycles. The summed E-state index contributed by atoms with van der Waals surface area (Å²) in [6.07, 6.45) is 9.62. The molecule has 0 spiro atoms. The van der Waals surface area contributed by atoms with E-state index in [0.29, 0.717) is 6.54 Å². The highest BCUT2D eigenvalue weighted by Crippen LogP contribution is 2.42. The maximum Gasteiger partial charge on any atom is 0.230 e. The minimum atomic E-state index is -0.0458. The number of carbonyl (C=O) groups is 2. The van der Waals surface area contributed by atoms with Crippen molar-refractivity contribution in [2.45, 2.75) is 58.5 Å². The fourth-order valence-corrected chi connectivity index (χ4v) is 4.38. The van der Waals surface area contributed by atoms with E-state index in [1.807, 2.05) is 47.0 Å². The van der Waals surface area contributed by atoms with E-state index in [2.05, 4.69) is 24.8 Å². The largest absolute Gasteiger partial charge is 0.308 e. The molecule has 0 saturated heterocycles. The van der Waals surface area contributed by atoms with Crippen LogP contribution in [0.5, 0.6) is 0 Å². The molecule has 0 bridgehead atoms. The quantitative estimate of drug-likeness (QED) is 0.660. The monoisotopic (exact) mass is 406 g/mol. The number of rotatable bonds is 6. The van der Waals surface area contributed by atoms with E-state index in [-0.39, 0.29) is 29.8 Å². The second kappa shape index (κ2) is 8.09. The summed E-state index contributed by atoms with van der Waals surface area (Å²) in [6.45, 7) is 10.1. The van der Waals surface area contributed by atoms with Gasteiger partial charge >= 0.3 is 0 Å². The fraction of sp³-hybridized carbons (Fsp3) is 0.458. The summed E-state index contributed by atoms with van der Waals surface area (Å²) < 4.78 is 1.99. The highest BCUT2D eigenvalue weighted by molar-refractivity contribution is 6.06. The zero-order valence-electron chi connectivity index (χ0n) is 18.0. The smallest absolute Gasteiger partial charge is 0.230 e. The predicted octanol–water partition coefficient (Wildman–Crippen LogP) is 4.58. The first-order valence-electron chi connectivity index (χ1n) is 10.8. The maximum absolute atomic E-state index is 13.0. The lowest BCUT2D eigenvalue weighted by Crippen LogP contribution is -2.51. The van der Waals surface area contributed by atoms with Crippen molar-refractivity contribution in [3.8, 4) is 11.1 Å². The van der Waals surface area contributed by atoms with E-state index in [1.165, 1.54) is 0 Å². The molecule has 6 nitrogen and oxygen atoms in total. The van der Waals surface area contributed by atoms with Gasteiger partial charge in [-0.3, -0.25) is 14.3 Å². The van der Waals surface area contributed by atoms with Crippen LogP contribution < -0.4 is 9.80 Å². The average Bonchev–Trinajstić information content (AvgIpc) is 3.47. The number of aromatic nitrogens is 2. The number of anilines is 2. The Morgan fingerprint density at radius 3 is 2.67 bits per heavy atom. The summed E-state index contributed by atoms with van der Waals surface area (Å²) >= 11 is 0. The van der Waals surface area contributed by atoms with Crippen LogP contribution in [0.15, 0.2) is 43.2 Å². The number of carbonyl (C=O) groups excluding carboxylic acids is 2. The van der Waals surface area contributed by atoms with Gasteiger partial charge in [0, 0.05) is 31.1 Å². The van der Waals surface area contributed by atoms with Gasteiger partial charge < -0.3 is 9.80 Å². The molecule has 6 heteroatoms. The van der Waals surface area contributed by atoms with E-state index in [4.69, 9.17) is 0 Å². The van der Waals surface area contributed by atoms with Crippen LogP contribution in [0.3, 0.4) is 0 Å². The fourth-order valence-electron chi connectivity index (χ4n) is 4.38. The van der Waals surface area contributed by atoms with E-state index in [1.54, 1.807) is 11.8 Å². The van der Waals surface area contributed by atoms with Crippen LogP contribution >= 0.6 is 0 Å². The van der Waals surface area contributed by atoms with E-state index < -0.39 is 0 Å². The second-order valence-corrected chi connectivity index (χ2v) is 8.46. The van der Waals surface area contributed by atoms with Crippen molar-refractivity contribution in [1.29, 1.82) is 0 Å². The summed E-state index contributed by atoms with van der Waals surface area (Å²) in [6, 6.07) is 6.26. The summed E-state index contributed by atoms with van der Waals surface area (Å²) in [5, 5.41) is 4.57. The number of hydrogen-bond donors (Lipinski definition) is 0. The van der Waals surface area contributed by atoms with Crippen molar-refractivity contribution < 1.29 is 9.59 Å². The van der Waals surface area contributed by atoms with Gasteiger partial charge in [-0.2, -0.15) is 5.10 Å². The number of benzene rings is 1. The number of allylic oxidation sites excluding steroid dienone is 1. The molecular formula is C24H30N4O2. The normalized spacial score (nSPS) is 19.4. The van der Waals surface area contributed by atoms with Gasteiger partial charge in [0.15, 0.2) is 0 Å². The topological polar surface area (TPSA) is 58.4 Å². The Morgan fingerprint density at radius 1 is 1.27 bits per heavy atom. The molecule has 2 heterocycles. The molecule has 2 aromatic rings. The number of amides is 2. The lowest BCUT2D eigenvalue weighted by molar-refractivity contribution is -0.120. The molecule has 1 aromatic carbocycles. The molecule has 2 amide bonds. The number of nitrogens with zero attached hydrogens (tertiary/aromatic N) is 4. The van der Waals surface area contributed by atoms with E-state index >= 15 is 0 Å². The molecule has 2 aliphatic rings. The first kappa shape index (κ1) is 20.4. The van der Waals surface area contributed by atoms with Crippen LogP contribution in [0.25, 0.3) is 11.1 Å². The minimum Gasteiger partial charge on any atom is -0.308 e. The van der Waals surface area contributed by atoms with E-state index in [0.717, 1.165) is 48.2 Å². The minimum absolute atomic E-state index is 0.00180. The first-order valence-corrected chi connectivity index (χ1v) is 10.8. The van der Waals surface area contributed by atoms with Gasteiger partial charge in [-0.25, -0.2) is 0 Å². The highest BCUT2D eigenvalue weighted by Gasteiger charge is 2.39. The molecule has 30 heavy (non-hydrogen) atoms. The van der Waals surface area contributed by atoms with Gasteiger partial charge in [0.25, 0.3) is 0 Å². The third-order valence-electron chi connectivity index (χ3n) is 6.16. The Kier molecular flexibility index (Phi) is 5.50. The number of hydrogen-bond acceptors (Lipinski definition) is 3. The summed E-state index contributed by atoms with van der Waals surface area (Å²) in [5.74, 6) is 0.304. The molecule has 158 valence electrons. The Balaban J connectivity index is 1.73. The Bertz CT molecular complexity index is 975. The lowest BCUT2D eigenvalue weighted by atomic mass is 10.0. The summed E-state index contributed by atoms with van der Waals surface area (Å²) in [4.78, 5) is 29.0. The molecule has 1 aromatic heterocycles. The van der Waals surface area contributed by atoms with Crippen molar-refractivity contribution in [3.05, 3.63) is 43.2 Å². The Hall–Kier alpha value is -2.89. The predicted molar refractivity (Wildman–Crippen MR) is 120 cm³/mol. The lowest BCUT2D eigenvalue weighted by Gasteiger charge is -2.41. The highest BCUT2D eigenvalue weighted by atomic mass is 16.2. The van der Waals surface area contributed by atoms with Crippen LogP contribution in [0, 0.1) is 5.92 Å². The molecule has 1 aliphatic carbocycles. The van der Waals surface area contributed by atoms with Crippen LogP contribution in [-0.2, 0) is 9.59 Å². The SMILES string of the molecule is C=CCC(CC)n1cc(-c2ccc3c(c2)N(C(=O)C2CC2)C[C@H](C)N3C(C)=O)cn1. The van der Waals surface area contributed by atoms with E-state index in [9.17, 15) is 9.59 Å². The van der Waals surface area contributed by atoms with Gasteiger partial charge in [0.1, 0.15) is 0 Å². The molecule has 4 rings (SSSR count). The molecular weight excluding hydrogens is 376 g/mol. The van der Waals surface area contributed by atoms with Crippen molar-refractivity contribution in [2.24, 2.45) is 5.92 Å². The van der Waals surface area contributed by atoms with Crippen LogP contribution in [0.4, 0.5) is 11.4 Å². The third kappa shape index (κ3) is 3.66. The van der Waals surface area contributed by atoms with Gasteiger partial charge in [-0.05, 0) is 50.3 Å². The van der Waals surface area contributed by atoms with Crippen LogP contribution in [0.2, 0.25) is 0 Å². The van der Waals surface area contributed by atoms with Crippen LogP contribution in [-0.4, -0.2) is 34.2 Å². The second-order valence-electron chi connectivity index (χ2n) is 8.46. The zero-order valence-corrected chi connectivity index (χ0v) is 18.0. The van der Waals surface area contributed by atoms with Gasteiger partial charge in [0.2, 0.25) is 11.8 Å². The molecule has 2 atom stereocenters. The maximum atomic E-state index is 13.0. The van der Waals surface area contributed by atoms with Crippen molar-refractivity contribution in [3.63, 3.8) is 0 Å². The first-order chi connectivity index (χ1) is 14.4. The molecule has 1 unspecified atom stereocenters. The molecule has 1 fully saturated rings. The molecule has 0 N–H and O–H groups in total. The Morgan fingerprint density at radius 2 is 2.03 bits per heavy atom. The van der Waals surface area contributed by atoms with Crippen molar-refractivity contribution in [1.82, 2.24) is 9.78 Å². The summed E-state index contributed by atoms with van der Waals surface area (Å²) in [7, 11) is 0. The van der Waals surface area contributed by atoms with Crippen LogP contribution in [0.1, 0.15) is 52.5 Å². The molecule has 1 saturated carbocycles. The van der Waals surface area contributed by atoms with Gasteiger partial charge in [0.05, 0.1) is 29.7 Å². The van der Waals surface area contributed by atoms with Gasteiger partial charge in [-0.1, -0.05) is 19.1 Å². The third-order valence-corrected chi connectivity index (χ3v) is 6.16. The Labute approximate surface area is 178 Å². The summed E-state index contributed by atoms with van der Waals surface area (Å²) in [5.41, 5.74) is 3.64. The van der Waals surface area contributed by atoms with Crippen molar-refractivity contribution >= 4 is 23.2 Å². The van der Waals surface area contributed by atoms with Crippen molar-refractivity contribution in [2.75, 3.05) is 16.3 Å². The standard InChI is InChI=1S/C24H30N4O2/c1-5-7-21(6-2)27-15-20(13-25-27)19-10-11-22-23(12-19)26(24(30)18-8-9-18)14-16(3)28(22)17(4)29/h5,10-13,15-16,18,21H,1,6-9,14H2,2-4H3/t16-,21?/m0/s1. The zero-order chi connectivity index (χ0) is 21.4.